The monoisotopic (exact) mass is 303 g/mol. The van der Waals surface area contributed by atoms with Crippen LogP contribution in [-0.4, -0.2) is 13.8 Å². The molecule has 3 aliphatic carbocycles. The van der Waals surface area contributed by atoms with Crippen molar-refractivity contribution in [1.82, 2.24) is 4.98 Å². The van der Waals surface area contributed by atoms with Crippen LogP contribution in [0.3, 0.4) is 0 Å². The minimum absolute atomic E-state index is 0.240. The summed E-state index contributed by atoms with van der Waals surface area (Å²) >= 11 is 0. The van der Waals surface area contributed by atoms with Crippen molar-refractivity contribution in [2.24, 2.45) is 17.8 Å². The van der Waals surface area contributed by atoms with Crippen LogP contribution in [0.15, 0.2) is 23.3 Å². The molecular formula is C19H33NSi. The van der Waals surface area contributed by atoms with Crippen molar-refractivity contribution in [3.05, 3.63) is 23.3 Å². The fourth-order valence-electron chi connectivity index (χ4n) is 5.69. The maximum Gasteiger partial charge on any atom is 0.123 e. The number of hydrogen-bond acceptors (Lipinski definition) is 1. The number of allylic oxidation sites excluding steroid dienone is 4. The highest BCUT2D eigenvalue weighted by atomic mass is 28.3. The molecule has 1 nitrogen and oxygen atoms in total. The minimum Gasteiger partial charge on any atom is -0.332 e. The van der Waals surface area contributed by atoms with Crippen LogP contribution >= 0.6 is 0 Å². The van der Waals surface area contributed by atoms with Gasteiger partial charge in [-0.15, -0.1) is 0 Å². The molecule has 0 aromatic rings. The molecule has 0 heterocycles. The average molecular weight is 304 g/mol. The second-order valence-corrected chi connectivity index (χ2v) is 13.7. The second-order valence-electron chi connectivity index (χ2n) is 9.31. The molecule has 0 aromatic heterocycles. The standard InChI is InChI=1S/C19H33NSi/c1-13-10-16-11-14-8-7-9-15(14)12-17(16)18(13)21(5,6)20-19(2,3)4/h11-13,16-18,20H,7-10H2,1-6H3/t13-,16?,17?,18?/m1/s1. The molecule has 2 heteroatoms. The Bertz CT molecular complexity index is 480. The Morgan fingerprint density at radius 1 is 1.10 bits per heavy atom. The first-order valence-electron chi connectivity index (χ1n) is 8.88. The van der Waals surface area contributed by atoms with Crippen LogP contribution in [-0.2, 0) is 0 Å². The quantitative estimate of drug-likeness (QED) is 0.685. The Morgan fingerprint density at radius 2 is 1.71 bits per heavy atom. The zero-order chi connectivity index (χ0) is 15.4. The van der Waals surface area contributed by atoms with Crippen LogP contribution in [0.4, 0.5) is 0 Å². The van der Waals surface area contributed by atoms with Gasteiger partial charge in [0.15, 0.2) is 0 Å². The Balaban J connectivity index is 1.88. The van der Waals surface area contributed by atoms with E-state index >= 15 is 0 Å². The largest absolute Gasteiger partial charge is 0.332 e. The van der Waals surface area contributed by atoms with Crippen molar-refractivity contribution in [3.8, 4) is 0 Å². The van der Waals surface area contributed by atoms with Crippen LogP contribution in [0.5, 0.6) is 0 Å². The van der Waals surface area contributed by atoms with E-state index in [1.54, 1.807) is 11.1 Å². The molecule has 0 aromatic carbocycles. The molecule has 0 radical (unpaired) electrons. The Morgan fingerprint density at radius 3 is 2.33 bits per heavy atom. The van der Waals surface area contributed by atoms with Crippen molar-refractivity contribution in [1.29, 1.82) is 0 Å². The van der Waals surface area contributed by atoms with Gasteiger partial charge < -0.3 is 4.98 Å². The van der Waals surface area contributed by atoms with Crippen LogP contribution < -0.4 is 4.98 Å². The molecule has 2 fully saturated rings. The zero-order valence-electron chi connectivity index (χ0n) is 14.8. The maximum atomic E-state index is 4.05. The van der Waals surface area contributed by atoms with Crippen LogP contribution in [0.2, 0.25) is 18.6 Å². The lowest BCUT2D eigenvalue weighted by Gasteiger charge is -2.42. The highest BCUT2D eigenvalue weighted by Gasteiger charge is 2.50. The molecule has 118 valence electrons. The molecule has 2 saturated carbocycles. The van der Waals surface area contributed by atoms with Gasteiger partial charge in [0.05, 0.1) is 0 Å². The van der Waals surface area contributed by atoms with E-state index < -0.39 is 8.24 Å². The van der Waals surface area contributed by atoms with Gasteiger partial charge >= 0.3 is 0 Å². The van der Waals surface area contributed by atoms with E-state index in [4.69, 9.17) is 0 Å². The summed E-state index contributed by atoms with van der Waals surface area (Å²) in [6.45, 7) is 14.6. The van der Waals surface area contributed by atoms with E-state index in [0.29, 0.717) is 0 Å². The van der Waals surface area contributed by atoms with E-state index in [0.717, 1.165) is 23.3 Å². The molecule has 21 heavy (non-hydrogen) atoms. The van der Waals surface area contributed by atoms with Crippen molar-refractivity contribution >= 4 is 8.24 Å². The molecular weight excluding hydrogens is 270 g/mol. The van der Waals surface area contributed by atoms with Gasteiger partial charge in [-0.25, -0.2) is 0 Å². The summed E-state index contributed by atoms with van der Waals surface area (Å²) in [5.41, 5.74) is 4.53. The molecule has 0 bridgehead atoms. The maximum absolute atomic E-state index is 4.05. The Labute approximate surface area is 132 Å². The second kappa shape index (κ2) is 5.09. The Hall–Kier alpha value is -0.343. The van der Waals surface area contributed by atoms with E-state index in [1.807, 2.05) is 0 Å². The molecule has 4 atom stereocenters. The van der Waals surface area contributed by atoms with Crippen LogP contribution in [0.25, 0.3) is 0 Å². The van der Waals surface area contributed by atoms with Gasteiger partial charge in [0.2, 0.25) is 0 Å². The van der Waals surface area contributed by atoms with Crippen molar-refractivity contribution in [2.75, 3.05) is 0 Å². The van der Waals surface area contributed by atoms with E-state index in [-0.39, 0.29) is 5.54 Å². The van der Waals surface area contributed by atoms with Gasteiger partial charge in [0.1, 0.15) is 8.24 Å². The summed E-state index contributed by atoms with van der Waals surface area (Å²) in [5.74, 6) is 2.51. The zero-order valence-corrected chi connectivity index (χ0v) is 15.8. The van der Waals surface area contributed by atoms with Gasteiger partial charge in [0.25, 0.3) is 0 Å². The van der Waals surface area contributed by atoms with E-state index in [2.05, 4.69) is 57.9 Å². The van der Waals surface area contributed by atoms with Gasteiger partial charge in [-0.3, -0.25) is 0 Å². The summed E-state index contributed by atoms with van der Waals surface area (Å²) in [6.07, 6.45) is 10.9. The van der Waals surface area contributed by atoms with Gasteiger partial charge in [0, 0.05) is 5.54 Å². The molecule has 0 saturated heterocycles. The highest BCUT2D eigenvalue weighted by molar-refractivity contribution is 6.76. The average Bonchev–Trinajstić information content (AvgIpc) is 2.83. The number of rotatable bonds is 2. The first kappa shape index (κ1) is 15.5. The topological polar surface area (TPSA) is 12.0 Å². The van der Waals surface area contributed by atoms with Gasteiger partial charge in [-0.2, -0.15) is 0 Å². The van der Waals surface area contributed by atoms with Crippen molar-refractivity contribution < 1.29 is 0 Å². The van der Waals surface area contributed by atoms with Crippen molar-refractivity contribution in [2.45, 2.75) is 77.6 Å². The summed E-state index contributed by atoms with van der Waals surface area (Å²) in [7, 11) is -1.44. The molecule has 0 spiro atoms. The number of fused-ring (bicyclic) bond motifs is 2. The molecule has 0 aliphatic heterocycles. The first-order valence-corrected chi connectivity index (χ1v) is 12.0. The molecule has 3 rings (SSSR count). The molecule has 0 amide bonds. The van der Waals surface area contributed by atoms with Crippen LogP contribution in [0.1, 0.15) is 53.4 Å². The van der Waals surface area contributed by atoms with Crippen LogP contribution in [0, 0.1) is 17.8 Å². The summed E-state index contributed by atoms with van der Waals surface area (Å²) in [6, 6.07) is 0. The third kappa shape index (κ3) is 2.94. The summed E-state index contributed by atoms with van der Waals surface area (Å²) < 4.78 is 0. The lowest BCUT2D eigenvalue weighted by Crippen LogP contribution is -2.58. The van der Waals surface area contributed by atoms with E-state index in [1.165, 1.54) is 25.7 Å². The fourth-order valence-corrected chi connectivity index (χ4v) is 10.7. The smallest absolute Gasteiger partial charge is 0.123 e. The lowest BCUT2D eigenvalue weighted by molar-refractivity contribution is 0.474. The predicted octanol–water partition coefficient (Wildman–Crippen LogP) is 5.27. The molecule has 3 unspecified atom stereocenters. The fraction of sp³-hybridized carbons (Fsp3) is 0.789. The first-order chi connectivity index (χ1) is 9.67. The SMILES string of the molecule is C[C@@H]1CC2C=C3CCCC3=CC2C1[Si](C)(C)NC(C)(C)C. The lowest BCUT2D eigenvalue weighted by atomic mass is 9.85. The van der Waals surface area contributed by atoms with E-state index in [9.17, 15) is 0 Å². The minimum atomic E-state index is -1.44. The number of hydrogen-bond donors (Lipinski definition) is 1. The third-order valence-electron chi connectivity index (χ3n) is 5.81. The summed E-state index contributed by atoms with van der Waals surface area (Å²) in [4.78, 5) is 4.05. The van der Waals surface area contributed by atoms with Gasteiger partial charge in [-0.1, -0.05) is 32.2 Å². The predicted molar refractivity (Wildman–Crippen MR) is 94.9 cm³/mol. The van der Waals surface area contributed by atoms with Crippen molar-refractivity contribution in [3.63, 3.8) is 0 Å². The molecule has 1 N–H and O–H groups in total. The highest BCUT2D eigenvalue weighted by Crippen LogP contribution is 2.55. The molecule has 3 aliphatic rings. The Kier molecular flexibility index (Phi) is 3.77. The normalized spacial score (nSPS) is 36.1. The summed E-state index contributed by atoms with van der Waals surface area (Å²) in [5, 5.41) is 0. The van der Waals surface area contributed by atoms with Gasteiger partial charge in [-0.05, 0) is 80.9 Å². The number of nitrogens with one attached hydrogen (secondary N) is 1. The third-order valence-corrected chi connectivity index (χ3v) is 9.83.